The highest BCUT2D eigenvalue weighted by Crippen LogP contribution is 2.37. The number of carbonyl (C=O) groups is 1. The Morgan fingerprint density at radius 2 is 1.85 bits per heavy atom. The number of rotatable bonds is 1. The maximum atomic E-state index is 10.3. The van der Waals surface area contributed by atoms with Gasteiger partial charge in [0.05, 0.1) is 6.10 Å². The number of fused-ring (bicyclic) bond motifs is 5. The van der Waals surface area contributed by atoms with Crippen LogP contribution in [-0.2, 0) is 11.2 Å². The Kier molecular flexibility index (Phi) is 5.42. The van der Waals surface area contributed by atoms with Crippen molar-refractivity contribution in [2.45, 2.75) is 25.4 Å². The van der Waals surface area contributed by atoms with E-state index in [0.717, 1.165) is 42.4 Å². The minimum Gasteiger partial charge on any atom is -0.388 e. The first-order valence-corrected chi connectivity index (χ1v) is 10.4. The van der Waals surface area contributed by atoms with Crippen molar-refractivity contribution in [3.63, 3.8) is 0 Å². The molecule has 3 aromatic carbocycles. The lowest BCUT2D eigenvalue weighted by Crippen LogP contribution is -2.09. The summed E-state index contributed by atoms with van der Waals surface area (Å²) in [6.45, 7) is 0. The zero-order valence-corrected chi connectivity index (χ0v) is 15.9. The highest BCUT2D eigenvalue weighted by molar-refractivity contribution is 8.02. The number of hydrogen-bond donors (Lipinski definition) is 1. The zero-order valence-electron chi connectivity index (χ0n) is 15.1. The molecule has 0 radical (unpaired) electrons. The van der Waals surface area contributed by atoms with E-state index in [4.69, 9.17) is 0 Å². The van der Waals surface area contributed by atoms with Gasteiger partial charge in [-0.3, -0.25) is 4.79 Å². The molecule has 2 aliphatic rings. The van der Waals surface area contributed by atoms with Crippen LogP contribution < -0.4 is 0 Å². The van der Waals surface area contributed by atoms with Crippen LogP contribution in [0, 0.1) is 0 Å². The number of aliphatic hydroxyl groups is 1. The van der Waals surface area contributed by atoms with Gasteiger partial charge in [0.1, 0.15) is 6.29 Å². The fourth-order valence-electron chi connectivity index (χ4n) is 3.88. The fourth-order valence-corrected chi connectivity index (χ4v) is 4.53. The van der Waals surface area contributed by atoms with Crippen LogP contribution in [0.4, 0.5) is 0 Å². The molecular formula is C24H22O2S. The van der Waals surface area contributed by atoms with E-state index < -0.39 is 0 Å². The molecule has 0 spiro atoms. The average molecular weight is 375 g/mol. The lowest BCUT2D eigenvalue weighted by Gasteiger charge is -2.23. The van der Waals surface area contributed by atoms with Gasteiger partial charge < -0.3 is 5.11 Å². The molecule has 3 heteroatoms. The maximum absolute atomic E-state index is 10.3. The number of thioether (sulfide) groups is 1. The van der Waals surface area contributed by atoms with Crippen molar-refractivity contribution in [3.05, 3.63) is 82.8 Å². The summed E-state index contributed by atoms with van der Waals surface area (Å²) in [4.78, 5) is 10.0. The van der Waals surface area contributed by atoms with Gasteiger partial charge in [-0.15, -0.1) is 11.8 Å². The van der Waals surface area contributed by atoms with E-state index >= 15 is 0 Å². The predicted molar refractivity (Wildman–Crippen MR) is 115 cm³/mol. The average Bonchev–Trinajstić information content (AvgIpc) is 2.74. The fraction of sp³-hybridized carbons (Fsp3) is 0.208. The Morgan fingerprint density at radius 3 is 2.63 bits per heavy atom. The van der Waals surface area contributed by atoms with E-state index in [1.54, 1.807) is 11.8 Å². The summed E-state index contributed by atoms with van der Waals surface area (Å²) in [5.74, 6) is 0.833. The molecule has 0 aromatic heterocycles. The van der Waals surface area contributed by atoms with Crippen molar-refractivity contribution in [2.24, 2.45) is 0 Å². The summed E-state index contributed by atoms with van der Waals surface area (Å²) < 4.78 is 0. The third-order valence-corrected chi connectivity index (χ3v) is 6.05. The van der Waals surface area contributed by atoms with E-state index in [2.05, 4.69) is 48.5 Å². The Balaban J connectivity index is 0.000000190. The van der Waals surface area contributed by atoms with Crippen molar-refractivity contribution in [1.29, 1.82) is 0 Å². The van der Waals surface area contributed by atoms with Crippen molar-refractivity contribution in [2.75, 3.05) is 5.75 Å². The van der Waals surface area contributed by atoms with Gasteiger partial charge in [-0.05, 0) is 57.3 Å². The molecule has 0 fully saturated rings. The Labute approximate surface area is 163 Å². The first-order chi connectivity index (χ1) is 13.3. The van der Waals surface area contributed by atoms with Gasteiger partial charge in [0.2, 0.25) is 0 Å². The zero-order chi connectivity index (χ0) is 18.6. The second-order valence-electron chi connectivity index (χ2n) is 6.93. The summed E-state index contributed by atoms with van der Waals surface area (Å²) in [5, 5.41) is 17.3. The molecule has 1 aliphatic carbocycles. The van der Waals surface area contributed by atoms with E-state index in [9.17, 15) is 9.90 Å². The smallest absolute Gasteiger partial charge is 0.146 e. The highest BCUT2D eigenvalue weighted by Gasteiger charge is 2.20. The van der Waals surface area contributed by atoms with Gasteiger partial charge in [-0.1, -0.05) is 60.7 Å². The third-order valence-electron chi connectivity index (χ3n) is 5.20. The molecule has 1 unspecified atom stereocenters. The van der Waals surface area contributed by atoms with Gasteiger partial charge in [0.15, 0.2) is 0 Å². The van der Waals surface area contributed by atoms with Gasteiger partial charge in [0, 0.05) is 11.3 Å². The summed E-state index contributed by atoms with van der Waals surface area (Å²) in [6, 6.07) is 17.2. The number of aryl methyl sites for hydroxylation is 1. The lowest BCUT2D eigenvalue weighted by molar-refractivity contribution is -0.104. The van der Waals surface area contributed by atoms with E-state index in [-0.39, 0.29) is 6.10 Å². The second-order valence-corrected chi connectivity index (χ2v) is 7.82. The first-order valence-electron chi connectivity index (χ1n) is 9.32. The highest BCUT2D eigenvalue weighted by atomic mass is 32.2. The van der Waals surface area contributed by atoms with Crippen LogP contribution in [-0.4, -0.2) is 17.1 Å². The van der Waals surface area contributed by atoms with Crippen LogP contribution in [0.2, 0.25) is 0 Å². The molecule has 0 saturated heterocycles. The van der Waals surface area contributed by atoms with Gasteiger partial charge >= 0.3 is 0 Å². The lowest BCUT2D eigenvalue weighted by atomic mass is 9.85. The SMILES string of the molecule is O=CC1=CC=CSC1.OC1CCCc2ccc3c(ccc4ccccc43)c21. The van der Waals surface area contributed by atoms with E-state index in [1.165, 1.54) is 27.1 Å². The molecule has 0 amide bonds. The normalized spacial score (nSPS) is 18.4. The number of hydrogen-bond acceptors (Lipinski definition) is 3. The minimum atomic E-state index is -0.298. The van der Waals surface area contributed by atoms with Crippen LogP contribution in [0.3, 0.4) is 0 Å². The molecule has 136 valence electrons. The largest absolute Gasteiger partial charge is 0.388 e. The first kappa shape index (κ1) is 18.0. The Morgan fingerprint density at radius 1 is 1.00 bits per heavy atom. The van der Waals surface area contributed by atoms with E-state index in [1.807, 2.05) is 17.6 Å². The second kappa shape index (κ2) is 8.12. The third kappa shape index (κ3) is 3.71. The predicted octanol–water partition coefficient (Wildman–Crippen LogP) is 5.73. The molecule has 5 rings (SSSR count). The molecule has 0 bridgehead atoms. The van der Waals surface area contributed by atoms with Gasteiger partial charge in [0.25, 0.3) is 0 Å². The molecule has 1 atom stereocenters. The Hall–Kier alpha value is -2.36. The number of carbonyl (C=O) groups excluding carboxylic acids is 1. The molecule has 3 aromatic rings. The summed E-state index contributed by atoms with van der Waals surface area (Å²) in [5.41, 5.74) is 3.36. The summed E-state index contributed by atoms with van der Waals surface area (Å²) in [7, 11) is 0. The quantitative estimate of drug-likeness (QED) is 0.436. The maximum Gasteiger partial charge on any atom is 0.146 e. The number of benzene rings is 3. The molecule has 2 nitrogen and oxygen atoms in total. The van der Waals surface area contributed by atoms with E-state index in [0.29, 0.717) is 0 Å². The summed E-state index contributed by atoms with van der Waals surface area (Å²) >= 11 is 1.65. The molecular weight excluding hydrogens is 352 g/mol. The minimum absolute atomic E-state index is 0.298. The standard InChI is InChI=1S/C18H16O.C6H6OS/c19-17-7-3-5-13-9-10-15-14-6-2-1-4-12(14)8-11-16(15)18(13)17;7-4-6-2-1-3-8-5-6/h1-2,4,6,8-11,17,19H,3,5,7H2;1-4H,5H2. The van der Waals surface area contributed by atoms with Crippen molar-refractivity contribution < 1.29 is 9.90 Å². The van der Waals surface area contributed by atoms with Gasteiger partial charge in [-0.2, -0.15) is 0 Å². The monoisotopic (exact) mass is 374 g/mol. The van der Waals surface area contributed by atoms with Crippen LogP contribution in [0.25, 0.3) is 21.5 Å². The summed E-state index contributed by atoms with van der Waals surface area (Å²) in [6.07, 6.45) is 7.40. The number of allylic oxidation sites excluding steroid dienone is 2. The van der Waals surface area contributed by atoms with Crippen molar-refractivity contribution >= 4 is 39.6 Å². The topological polar surface area (TPSA) is 37.3 Å². The van der Waals surface area contributed by atoms with Crippen molar-refractivity contribution in [3.8, 4) is 0 Å². The van der Waals surface area contributed by atoms with Crippen LogP contribution in [0.1, 0.15) is 30.1 Å². The van der Waals surface area contributed by atoms with Gasteiger partial charge in [-0.25, -0.2) is 0 Å². The molecule has 1 N–H and O–H groups in total. The Bertz CT molecular complexity index is 1050. The van der Waals surface area contributed by atoms with Crippen LogP contribution in [0.5, 0.6) is 0 Å². The number of aliphatic hydroxyl groups excluding tert-OH is 1. The van der Waals surface area contributed by atoms with Crippen molar-refractivity contribution in [1.82, 2.24) is 0 Å². The molecule has 0 saturated carbocycles. The molecule has 1 aliphatic heterocycles. The molecule has 27 heavy (non-hydrogen) atoms. The van der Waals surface area contributed by atoms with Crippen LogP contribution >= 0.6 is 11.8 Å². The molecule has 1 heterocycles. The number of aldehydes is 1. The van der Waals surface area contributed by atoms with Crippen LogP contribution in [0.15, 0.2) is 71.7 Å².